The van der Waals surface area contributed by atoms with E-state index in [1.165, 1.54) is 12.1 Å². The van der Waals surface area contributed by atoms with Crippen LogP contribution in [-0.2, 0) is 27.2 Å². The number of rotatable bonds is 11. The highest BCUT2D eigenvalue weighted by atomic mass is 32.2. The maximum absolute atomic E-state index is 13.1. The molecule has 42 heavy (non-hydrogen) atoms. The first kappa shape index (κ1) is 31.5. The molecule has 2 atom stereocenters. The molecule has 0 aromatic heterocycles. The lowest BCUT2D eigenvalue weighted by Crippen LogP contribution is -2.45. The summed E-state index contributed by atoms with van der Waals surface area (Å²) in [4.78, 5) is 14.6. The van der Waals surface area contributed by atoms with Crippen molar-refractivity contribution in [1.29, 1.82) is 0 Å². The Hall–Kier alpha value is -3.44. The second-order valence-corrected chi connectivity index (χ2v) is 12.7. The normalized spacial score (nSPS) is 17.8. The molecule has 0 aliphatic carbocycles. The van der Waals surface area contributed by atoms with Gasteiger partial charge in [-0.05, 0) is 78.4 Å². The minimum Gasteiger partial charge on any atom is -0.377 e. The second-order valence-electron chi connectivity index (χ2n) is 10.4. The zero-order chi connectivity index (χ0) is 30.5. The van der Waals surface area contributed by atoms with Gasteiger partial charge in [-0.3, -0.25) is 4.79 Å². The van der Waals surface area contributed by atoms with Crippen LogP contribution in [-0.4, -0.2) is 52.6 Å². The Morgan fingerprint density at radius 3 is 2.31 bits per heavy atom. The number of anilines is 1. The van der Waals surface area contributed by atoms with E-state index in [4.69, 9.17) is 10.5 Å². The summed E-state index contributed by atoms with van der Waals surface area (Å²) in [5.41, 5.74) is 8.28. The summed E-state index contributed by atoms with van der Waals surface area (Å²) in [5.74, 6) is -0.678. The number of benzene rings is 3. The van der Waals surface area contributed by atoms with Gasteiger partial charge in [0.15, 0.2) is 9.84 Å². The molecular formula is C31H34F4N2O4S. The number of primary amides is 1. The highest BCUT2D eigenvalue weighted by molar-refractivity contribution is 7.91. The standard InChI is InChI=1S/C31H34F4N2O4S/c1-2-42(39,40)28-12-3-21(4-13-28)17-24-18-26(11-14-29(24)30(36)38)37-19-23(7-10-27(37)20-41-16-15-32)22-5-8-25(9-6-22)31(33,34)35/h3-6,8-9,11-14,18,23,27H,2,7,10,15-17,19-20H2,1H3,(H2,36,38)/t23?,27-/m0/s1. The SMILES string of the molecule is CCS(=O)(=O)c1ccc(Cc2cc(N3CC(c4ccc(C(F)(F)F)cc4)CC[C@H]3COCCF)ccc2C(N)=O)cc1. The van der Waals surface area contributed by atoms with Gasteiger partial charge in [0, 0.05) is 23.7 Å². The maximum atomic E-state index is 13.1. The largest absolute Gasteiger partial charge is 0.416 e. The van der Waals surface area contributed by atoms with Crippen molar-refractivity contribution >= 4 is 21.4 Å². The Morgan fingerprint density at radius 1 is 1.02 bits per heavy atom. The number of alkyl halides is 4. The van der Waals surface area contributed by atoms with Gasteiger partial charge in [0.25, 0.3) is 0 Å². The molecule has 11 heteroatoms. The van der Waals surface area contributed by atoms with Crippen molar-refractivity contribution in [2.45, 2.75) is 49.2 Å². The lowest BCUT2D eigenvalue weighted by atomic mass is 9.86. The van der Waals surface area contributed by atoms with Gasteiger partial charge >= 0.3 is 6.18 Å². The van der Waals surface area contributed by atoms with Crippen LogP contribution in [0.5, 0.6) is 0 Å². The third-order valence-corrected chi connectivity index (χ3v) is 9.44. The molecule has 0 bridgehead atoms. The first-order chi connectivity index (χ1) is 19.9. The predicted molar refractivity (Wildman–Crippen MR) is 153 cm³/mol. The lowest BCUT2D eigenvalue weighted by Gasteiger charge is -2.41. The zero-order valence-electron chi connectivity index (χ0n) is 23.2. The van der Waals surface area contributed by atoms with Crippen molar-refractivity contribution < 1.29 is 35.5 Å². The Bertz CT molecular complexity index is 1480. The summed E-state index contributed by atoms with van der Waals surface area (Å²) in [5, 5.41) is 0. The third-order valence-electron chi connectivity index (χ3n) is 7.69. The number of sulfone groups is 1. The fourth-order valence-corrected chi connectivity index (χ4v) is 6.24. The van der Waals surface area contributed by atoms with Crippen LogP contribution < -0.4 is 10.6 Å². The van der Waals surface area contributed by atoms with Gasteiger partial charge in [0.1, 0.15) is 6.67 Å². The molecule has 226 valence electrons. The summed E-state index contributed by atoms with van der Waals surface area (Å²) in [6.45, 7) is 1.67. The first-order valence-electron chi connectivity index (χ1n) is 13.7. The van der Waals surface area contributed by atoms with E-state index in [-0.39, 0.29) is 35.8 Å². The minimum atomic E-state index is -4.42. The van der Waals surface area contributed by atoms with Crippen LogP contribution in [0.15, 0.2) is 71.6 Å². The van der Waals surface area contributed by atoms with Crippen LogP contribution in [0, 0.1) is 0 Å². The number of nitrogens with zero attached hydrogens (tertiary/aromatic N) is 1. The number of carbonyl (C=O) groups excluding carboxylic acids is 1. The summed E-state index contributed by atoms with van der Waals surface area (Å²) in [7, 11) is -3.36. The number of hydrogen-bond donors (Lipinski definition) is 1. The smallest absolute Gasteiger partial charge is 0.377 e. The third kappa shape index (κ3) is 7.49. The second kappa shape index (κ2) is 13.2. The molecule has 1 aliphatic rings. The fraction of sp³-hybridized carbons (Fsp3) is 0.387. The maximum Gasteiger partial charge on any atom is 0.416 e. The molecule has 1 fully saturated rings. The number of hydrogen-bond acceptors (Lipinski definition) is 5. The quantitative estimate of drug-likeness (QED) is 0.216. The average molecular weight is 607 g/mol. The molecule has 1 saturated heterocycles. The lowest BCUT2D eigenvalue weighted by molar-refractivity contribution is -0.137. The molecule has 1 heterocycles. The Labute approximate surface area is 243 Å². The molecule has 1 aliphatic heterocycles. The highest BCUT2D eigenvalue weighted by Gasteiger charge is 2.33. The van der Waals surface area contributed by atoms with Crippen molar-refractivity contribution in [3.63, 3.8) is 0 Å². The Kier molecular flexibility index (Phi) is 9.93. The van der Waals surface area contributed by atoms with Crippen molar-refractivity contribution in [2.75, 3.05) is 37.1 Å². The van der Waals surface area contributed by atoms with Crippen molar-refractivity contribution in [3.8, 4) is 0 Å². The molecule has 1 amide bonds. The van der Waals surface area contributed by atoms with E-state index in [1.54, 1.807) is 43.3 Å². The predicted octanol–water partition coefficient (Wildman–Crippen LogP) is 5.93. The first-order valence-corrected chi connectivity index (χ1v) is 15.4. The molecule has 2 N–H and O–H groups in total. The number of carbonyl (C=O) groups is 1. The zero-order valence-corrected chi connectivity index (χ0v) is 24.1. The number of halogens is 4. The van der Waals surface area contributed by atoms with Crippen LogP contribution in [0.3, 0.4) is 0 Å². The monoisotopic (exact) mass is 606 g/mol. The summed E-state index contributed by atoms with van der Waals surface area (Å²) in [6.07, 6.45) is -2.72. The van der Waals surface area contributed by atoms with Crippen molar-refractivity contribution in [3.05, 3.63) is 94.5 Å². The van der Waals surface area contributed by atoms with E-state index < -0.39 is 34.2 Å². The summed E-state index contributed by atoms with van der Waals surface area (Å²) >= 11 is 0. The van der Waals surface area contributed by atoms with Crippen LogP contribution >= 0.6 is 0 Å². The van der Waals surface area contributed by atoms with Gasteiger partial charge in [-0.25, -0.2) is 12.8 Å². The molecular weight excluding hydrogens is 572 g/mol. The summed E-state index contributed by atoms with van der Waals surface area (Å²) in [6, 6.07) is 16.8. The van der Waals surface area contributed by atoms with E-state index in [0.717, 1.165) is 28.9 Å². The Balaban J connectivity index is 1.64. The van der Waals surface area contributed by atoms with Crippen molar-refractivity contribution in [1.82, 2.24) is 0 Å². The van der Waals surface area contributed by atoms with E-state index in [2.05, 4.69) is 4.90 Å². The van der Waals surface area contributed by atoms with Crippen LogP contribution in [0.25, 0.3) is 0 Å². The number of nitrogens with two attached hydrogens (primary N) is 1. The van der Waals surface area contributed by atoms with Crippen molar-refractivity contribution in [2.24, 2.45) is 5.73 Å². The molecule has 0 saturated carbocycles. The summed E-state index contributed by atoms with van der Waals surface area (Å²) < 4.78 is 82.0. The van der Waals surface area contributed by atoms with Gasteiger partial charge in [-0.15, -0.1) is 0 Å². The van der Waals surface area contributed by atoms with E-state index in [1.807, 2.05) is 6.07 Å². The van der Waals surface area contributed by atoms with E-state index in [9.17, 15) is 30.8 Å². The molecule has 3 aromatic rings. The van der Waals surface area contributed by atoms with Crippen LogP contribution in [0.4, 0.5) is 23.2 Å². The highest BCUT2D eigenvalue weighted by Crippen LogP contribution is 2.36. The molecule has 0 radical (unpaired) electrons. The van der Waals surface area contributed by atoms with E-state index >= 15 is 0 Å². The number of piperidine rings is 1. The van der Waals surface area contributed by atoms with Gasteiger partial charge < -0.3 is 15.4 Å². The molecule has 3 aromatic carbocycles. The minimum absolute atomic E-state index is 0.0142. The van der Waals surface area contributed by atoms with Gasteiger partial charge in [0.05, 0.1) is 35.5 Å². The molecule has 1 unspecified atom stereocenters. The average Bonchev–Trinajstić information content (AvgIpc) is 2.97. The van der Waals surface area contributed by atoms with Crippen LogP contribution in [0.1, 0.15) is 58.3 Å². The Morgan fingerprint density at radius 2 is 1.71 bits per heavy atom. The van der Waals surface area contributed by atoms with Gasteiger partial charge in [-0.2, -0.15) is 13.2 Å². The van der Waals surface area contributed by atoms with Gasteiger partial charge in [-0.1, -0.05) is 31.2 Å². The van der Waals surface area contributed by atoms with E-state index in [0.29, 0.717) is 36.9 Å². The number of amides is 1. The number of ether oxygens (including phenoxy) is 1. The van der Waals surface area contributed by atoms with Crippen LogP contribution in [0.2, 0.25) is 0 Å². The molecule has 0 spiro atoms. The fourth-order valence-electron chi connectivity index (χ4n) is 5.35. The molecule has 4 rings (SSSR count). The van der Waals surface area contributed by atoms with Gasteiger partial charge in [0.2, 0.25) is 5.91 Å². The molecule has 6 nitrogen and oxygen atoms in total. The topological polar surface area (TPSA) is 89.7 Å².